The molecule has 2 rings (SSSR count). The van der Waals surface area contributed by atoms with Crippen LogP contribution in [0.15, 0.2) is 24.5 Å². The molecule has 2 aromatic rings. The SMILES string of the molecule is Cc1nc(C(=O)O)c(CN(C)CCc2ccncc2)s1. The van der Waals surface area contributed by atoms with Crippen LogP contribution in [0.2, 0.25) is 0 Å². The minimum absolute atomic E-state index is 0.184. The van der Waals surface area contributed by atoms with E-state index >= 15 is 0 Å². The van der Waals surface area contributed by atoms with Crippen molar-refractivity contribution in [3.63, 3.8) is 0 Å². The molecule has 0 atom stereocenters. The zero-order valence-electron chi connectivity index (χ0n) is 11.5. The molecule has 2 aromatic heterocycles. The Hall–Kier alpha value is -1.79. The van der Waals surface area contributed by atoms with E-state index in [1.807, 2.05) is 26.1 Å². The molecule has 20 heavy (non-hydrogen) atoms. The number of carbonyl (C=O) groups is 1. The number of aromatic nitrogens is 2. The van der Waals surface area contributed by atoms with Crippen LogP contribution in [0.1, 0.15) is 25.9 Å². The molecule has 5 nitrogen and oxygen atoms in total. The smallest absolute Gasteiger partial charge is 0.355 e. The second kappa shape index (κ2) is 6.58. The Labute approximate surface area is 121 Å². The topological polar surface area (TPSA) is 66.3 Å². The standard InChI is InChI=1S/C14H17N3O2S/c1-10-16-13(14(18)19)12(20-10)9-17(2)8-5-11-3-6-15-7-4-11/h3-4,6-7H,5,8-9H2,1-2H3,(H,18,19). The number of nitrogens with zero attached hydrogens (tertiary/aromatic N) is 3. The van der Waals surface area contributed by atoms with Crippen molar-refractivity contribution < 1.29 is 9.90 Å². The highest BCUT2D eigenvalue weighted by Crippen LogP contribution is 2.19. The molecular formula is C14H17N3O2S. The molecule has 0 aliphatic rings. The van der Waals surface area contributed by atoms with Gasteiger partial charge in [0, 0.05) is 25.5 Å². The summed E-state index contributed by atoms with van der Waals surface area (Å²) >= 11 is 1.45. The van der Waals surface area contributed by atoms with Crippen molar-refractivity contribution in [1.82, 2.24) is 14.9 Å². The van der Waals surface area contributed by atoms with Crippen molar-refractivity contribution in [3.8, 4) is 0 Å². The summed E-state index contributed by atoms with van der Waals surface area (Å²) in [5.74, 6) is -0.952. The average Bonchev–Trinajstić information content (AvgIpc) is 2.79. The first-order valence-corrected chi connectivity index (χ1v) is 7.15. The lowest BCUT2D eigenvalue weighted by Gasteiger charge is -2.15. The summed E-state index contributed by atoms with van der Waals surface area (Å²) in [6.07, 6.45) is 4.48. The number of pyridine rings is 1. The second-order valence-electron chi connectivity index (χ2n) is 4.65. The molecule has 2 heterocycles. The van der Waals surface area contributed by atoms with Crippen LogP contribution in [0.5, 0.6) is 0 Å². The van der Waals surface area contributed by atoms with Crippen molar-refractivity contribution >= 4 is 17.3 Å². The summed E-state index contributed by atoms with van der Waals surface area (Å²) in [7, 11) is 1.99. The molecule has 106 valence electrons. The Kier molecular flexibility index (Phi) is 4.81. The number of hydrogen-bond acceptors (Lipinski definition) is 5. The molecule has 0 amide bonds. The monoisotopic (exact) mass is 291 g/mol. The van der Waals surface area contributed by atoms with Gasteiger partial charge >= 0.3 is 5.97 Å². The number of thiazole rings is 1. The Morgan fingerprint density at radius 3 is 2.75 bits per heavy atom. The molecule has 0 aliphatic heterocycles. The number of aryl methyl sites for hydroxylation is 1. The zero-order valence-corrected chi connectivity index (χ0v) is 12.4. The highest BCUT2D eigenvalue weighted by atomic mass is 32.1. The van der Waals surface area contributed by atoms with Crippen LogP contribution in [0, 0.1) is 6.92 Å². The fraction of sp³-hybridized carbons (Fsp3) is 0.357. The van der Waals surface area contributed by atoms with Crippen molar-refractivity contribution in [2.45, 2.75) is 19.9 Å². The summed E-state index contributed by atoms with van der Waals surface area (Å²) in [5, 5.41) is 9.91. The van der Waals surface area contributed by atoms with Gasteiger partial charge in [0.05, 0.1) is 9.88 Å². The Bertz CT molecular complexity index is 583. The van der Waals surface area contributed by atoms with E-state index in [2.05, 4.69) is 14.9 Å². The summed E-state index contributed by atoms with van der Waals surface area (Å²) in [6, 6.07) is 3.99. The number of likely N-dealkylation sites (N-methyl/N-ethyl adjacent to an activating group) is 1. The molecule has 0 bridgehead atoms. The van der Waals surface area contributed by atoms with Crippen LogP contribution in [0.4, 0.5) is 0 Å². The number of rotatable bonds is 6. The second-order valence-corrected chi connectivity index (χ2v) is 5.94. The van der Waals surface area contributed by atoms with Gasteiger partial charge in [-0.25, -0.2) is 9.78 Å². The van der Waals surface area contributed by atoms with Crippen LogP contribution in [0.3, 0.4) is 0 Å². The molecule has 0 saturated carbocycles. The van der Waals surface area contributed by atoms with Crippen LogP contribution >= 0.6 is 11.3 Å². The lowest BCUT2D eigenvalue weighted by Crippen LogP contribution is -2.21. The first-order chi connectivity index (χ1) is 9.56. The van der Waals surface area contributed by atoms with E-state index < -0.39 is 5.97 Å². The molecule has 1 N–H and O–H groups in total. The molecule has 0 radical (unpaired) electrons. The van der Waals surface area contributed by atoms with E-state index in [4.69, 9.17) is 5.11 Å². The molecule has 0 spiro atoms. The van der Waals surface area contributed by atoms with E-state index in [9.17, 15) is 4.79 Å². The Morgan fingerprint density at radius 1 is 1.40 bits per heavy atom. The van der Waals surface area contributed by atoms with Gasteiger partial charge in [-0.2, -0.15) is 0 Å². The lowest BCUT2D eigenvalue weighted by molar-refractivity contribution is 0.0689. The number of aromatic carboxylic acids is 1. The third kappa shape index (κ3) is 3.85. The highest BCUT2D eigenvalue weighted by Gasteiger charge is 2.16. The summed E-state index contributed by atoms with van der Waals surface area (Å²) in [6.45, 7) is 3.30. The molecular weight excluding hydrogens is 274 g/mol. The number of carboxylic acid groups (broad SMARTS) is 1. The Balaban J connectivity index is 1.94. The fourth-order valence-electron chi connectivity index (χ4n) is 1.94. The highest BCUT2D eigenvalue weighted by molar-refractivity contribution is 7.11. The molecule has 0 aromatic carbocycles. The predicted octanol–water partition coefficient (Wildman–Crippen LogP) is 2.22. The first-order valence-electron chi connectivity index (χ1n) is 6.33. The van der Waals surface area contributed by atoms with Gasteiger partial charge in [0.1, 0.15) is 0 Å². The van der Waals surface area contributed by atoms with Gasteiger partial charge in [-0.3, -0.25) is 4.98 Å². The van der Waals surface area contributed by atoms with Gasteiger partial charge in [0.2, 0.25) is 0 Å². The fourth-order valence-corrected chi connectivity index (χ4v) is 2.95. The summed E-state index contributed by atoms with van der Waals surface area (Å²) < 4.78 is 0. The van der Waals surface area contributed by atoms with Crippen LogP contribution < -0.4 is 0 Å². The van der Waals surface area contributed by atoms with E-state index in [0.717, 1.165) is 22.9 Å². The van der Waals surface area contributed by atoms with Gasteiger partial charge in [-0.15, -0.1) is 11.3 Å². The Morgan fingerprint density at radius 2 is 2.10 bits per heavy atom. The van der Waals surface area contributed by atoms with Gasteiger partial charge in [0.15, 0.2) is 5.69 Å². The van der Waals surface area contributed by atoms with Crippen LogP contribution in [-0.2, 0) is 13.0 Å². The summed E-state index contributed by atoms with van der Waals surface area (Å²) in [4.78, 5) is 22.1. The predicted molar refractivity (Wildman–Crippen MR) is 78.1 cm³/mol. The molecule has 0 saturated heterocycles. The molecule has 0 aliphatic carbocycles. The normalized spacial score (nSPS) is 10.9. The maximum absolute atomic E-state index is 11.1. The lowest BCUT2D eigenvalue weighted by atomic mass is 10.2. The molecule has 0 unspecified atom stereocenters. The van der Waals surface area contributed by atoms with E-state index in [-0.39, 0.29) is 5.69 Å². The first kappa shape index (κ1) is 14.6. The minimum atomic E-state index is -0.952. The third-order valence-corrected chi connectivity index (χ3v) is 3.91. The van der Waals surface area contributed by atoms with E-state index in [0.29, 0.717) is 6.54 Å². The molecule has 6 heteroatoms. The maximum Gasteiger partial charge on any atom is 0.355 e. The van der Waals surface area contributed by atoms with E-state index in [1.54, 1.807) is 12.4 Å². The minimum Gasteiger partial charge on any atom is -0.476 e. The van der Waals surface area contributed by atoms with Gasteiger partial charge in [-0.1, -0.05) is 0 Å². The van der Waals surface area contributed by atoms with Gasteiger partial charge in [-0.05, 0) is 38.1 Å². The molecule has 0 fully saturated rings. The van der Waals surface area contributed by atoms with Crippen molar-refractivity contribution in [2.75, 3.05) is 13.6 Å². The van der Waals surface area contributed by atoms with Crippen LogP contribution in [0.25, 0.3) is 0 Å². The third-order valence-electron chi connectivity index (χ3n) is 2.95. The quantitative estimate of drug-likeness (QED) is 0.884. The average molecular weight is 291 g/mol. The number of carboxylic acids is 1. The maximum atomic E-state index is 11.1. The zero-order chi connectivity index (χ0) is 14.5. The largest absolute Gasteiger partial charge is 0.476 e. The van der Waals surface area contributed by atoms with Crippen molar-refractivity contribution in [3.05, 3.63) is 45.7 Å². The summed E-state index contributed by atoms with van der Waals surface area (Å²) in [5.41, 5.74) is 1.41. The van der Waals surface area contributed by atoms with Crippen LogP contribution in [-0.4, -0.2) is 39.5 Å². The van der Waals surface area contributed by atoms with Gasteiger partial charge in [0.25, 0.3) is 0 Å². The van der Waals surface area contributed by atoms with Crippen molar-refractivity contribution in [1.29, 1.82) is 0 Å². The number of hydrogen-bond donors (Lipinski definition) is 1. The van der Waals surface area contributed by atoms with Crippen molar-refractivity contribution in [2.24, 2.45) is 0 Å². The van der Waals surface area contributed by atoms with E-state index in [1.165, 1.54) is 16.9 Å². The van der Waals surface area contributed by atoms with Gasteiger partial charge < -0.3 is 10.0 Å².